The van der Waals surface area contributed by atoms with E-state index >= 15 is 0 Å². The zero-order valence-electron chi connectivity index (χ0n) is 11.0. The summed E-state index contributed by atoms with van der Waals surface area (Å²) in [5.41, 5.74) is 6.65. The molecule has 0 radical (unpaired) electrons. The van der Waals surface area contributed by atoms with Gasteiger partial charge in [0.2, 0.25) is 5.91 Å². The molecule has 6 heteroatoms. The van der Waals surface area contributed by atoms with Crippen molar-refractivity contribution in [1.29, 1.82) is 5.26 Å². The molecule has 1 aromatic carbocycles. The van der Waals surface area contributed by atoms with E-state index < -0.39 is 0 Å². The van der Waals surface area contributed by atoms with Crippen molar-refractivity contribution in [3.8, 4) is 6.07 Å². The van der Waals surface area contributed by atoms with E-state index in [4.69, 9.17) is 22.6 Å². The number of halogens is 1. The molecule has 0 saturated carbocycles. The Morgan fingerprint density at radius 3 is 2.89 bits per heavy atom. The van der Waals surface area contributed by atoms with Crippen molar-refractivity contribution in [2.24, 2.45) is 5.92 Å². The topological polar surface area (TPSA) is 82.2 Å². The van der Waals surface area contributed by atoms with Crippen LogP contribution in [0, 0.1) is 17.2 Å². The number of hydrogen-bond donors (Lipinski definition) is 2. The van der Waals surface area contributed by atoms with Crippen molar-refractivity contribution < 1.29 is 4.79 Å². The van der Waals surface area contributed by atoms with Crippen LogP contribution >= 0.6 is 11.6 Å². The van der Waals surface area contributed by atoms with Gasteiger partial charge in [-0.1, -0.05) is 11.6 Å². The van der Waals surface area contributed by atoms with Gasteiger partial charge in [-0.3, -0.25) is 9.69 Å². The molecule has 0 heterocycles. The Labute approximate surface area is 117 Å². The first-order chi connectivity index (χ1) is 8.92. The van der Waals surface area contributed by atoms with Crippen LogP contribution in [0.5, 0.6) is 0 Å². The summed E-state index contributed by atoms with van der Waals surface area (Å²) in [7, 11) is 1.79. The lowest BCUT2D eigenvalue weighted by atomic mass is 10.2. The van der Waals surface area contributed by atoms with Gasteiger partial charge in [-0.05, 0) is 32.2 Å². The predicted octanol–water partition coefficient (Wildman–Crippen LogP) is 1.95. The fraction of sp³-hybridized carbons (Fsp3) is 0.385. The maximum Gasteiger partial charge on any atom is 0.238 e. The Morgan fingerprint density at radius 1 is 1.63 bits per heavy atom. The summed E-state index contributed by atoms with van der Waals surface area (Å²) in [6, 6.07) is 7.04. The lowest BCUT2D eigenvalue weighted by Gasteiger charge is -2.17. The van der Waals surface area contributed by atoms with Crippen LogP contribution in [0.15, 0.2) is 18.2 Å². The lowest BCUT2D eigenvalue weighted by Crippen LogP contribution is -2.33. The van der Waals surface area contributed by atoms with Crippen molar-refractivity contribution in [3.05, 3.63) is 23.2 Å². The first-order valence-electron chi connectivity index (χ1n) is 5.85. The number of nitrogens with one attached hydrogen (secondary N) is 1. The van der Waals surface area contributed by atoms with Crippen LogP contribution in [-0.4, -0.2) is 30.9 Å². The highest BCUT2D eigenvalue weighted by molar-refractivity contribution is 6.34. The minimum absolute atomic E-state index is 0.113. The lowest BCUT2D eigenvalue weighted by molar-refractivity contribution is -0.117. The van der Waals surface area contributed by atoms with Gasteiger partial charge in [-0.2, -0.15) is 5.26 Å². The van der Waals surface area contributed by atoms with Gasteiger partial charge in [-0.25, -0.2) is 0 Å². The predicted molar refractivity (Wildman–Crippen MR) is 76.8 cm³/mol. The molecule has 0 fully saturated rings. The van der Waals surface area contributed by atoms with Gasteiger partial charge in [0.15, 0.2) is 0 Å². The summed E-state index contributed by atoms with van der Waals surface area (Å²) in [5, 5.41) is 11.8. The van der Waals surface area contributed by atoms with Crippen molar-refractivity contribution in [3.63, 3.8) is 0 Å². The summed E-state index contributed by atoms with van der Waals surface area (Å²) in [6.07, 6.45) is 0. The Morgan fingerprint density at radius 2 is 2.32 bits per heavy atom. The molecular formula is C13H17ClN4O. The van der Waals surface area contributed by atoms with Crippen LogP contribution < -0.4 is 11.1 Å². The van der Waals surface area contributed by atoms with Crippen molar-refractivity contribution in [1.82, 2.24) is 4.90 Å². The highest BCUT2D eigenvalue weighted by Crippen LogP contribution is 2.23. The molecule has 1 rings (SSSR count). The van der Waals surface area contributed by atoms with E-state index in [-0.39, 0.29) is 18.4 Å². The summed E-state index contributed by atoms with van der Waals surface area (Å²) in [5.74, 6) is -0.294. The van der Waals surface area contributed by atoms with Crippen molar-refractivity contribution in [2.45, 2.75) is 6.92 Å². The maximum atomic E-state index is 11.8. The molecule has 0 aliphatic carbocycles. The summed E-state index contributed by atoms with van der Waals surface area (Å²) in [4.78, 5) is 13.6. The summed E-state index contributed by atoms with van der Waals surface area (Å²) < 4.78 is 0. The third-order valence-corrected chi connectivity index (χ3v) is 2.80. The van der Waals surface area contributed by atoms with Crippen LogP contribution in [-0.2, 0) is 4.79 Å². The zero-order valence-corrected chi connectivity index (χ0v) is 11.7. The Bertz CT molecular complexity index is 498. The fourth-order valence-corrected chi connectivity index (χ4v) is 1.88. The minimum Gasteiger partial charge on any atom is -0.399 e. The number of nitrogens with zero attached hydrogens (tertiary/aromatic N) is 2. The Balaban J connectivity index is 2.54. The molecule has 19 heavy (non-hydrogen) atoms. The van der Waals surface area contributed by atoms with Crippen LogP contribution in [0.25, 0.3) is 0 Å². The highest BCUT2D eigenvalue weighted by atomic mass is 35.5. The van der Waals surface area contributed by atoms with Crippen LogP contribution in [0.2, 0.25) is 5.02 Å². The molecule has 0 saturated heterocycles. The number of likely N-dealkylation sites (N-methyl/N-ethyl adjacent to an activating group) is 1. The van der Waals surface area contributed by atoms with E-state index in [1.54, 1.807) is 30.1 Å². The van der Waals surface area contributed by atoms with Gasteiger partial charge in [0.05, 0.1) is 29.2 Å². The van der Waals surface area contributed by atoms with Gasteiger partial charge >= 0.3 is 0 Å². The van der Waals surface area contributed by atoms with E-state index in [1.165, 1.54) is 0 Å². The quantitative estimate of drug-likeness (QED) is 0.808. The summed E-state index contributed by atoms with van der Waals surface area (Å²) in [6.45, 7) is 2.55. The number of rotatable bonds is 5. The van der Waals surface area contributed by atoms with Crippen LogP contribution in [0.3, 0.4) is 0 Å². The van der Waals surface area contributed by atoms with Crippen molar-refractivity contribution in [2.75, 3.05) is 31.2 Å². The second-order valence-electron chi connectivity index (χ2n) is 4.51. The largest absolute Gasteiger partial charge is 0.399 e. The van der Waals surface area contributed by atoms with Crippen LogP contribution in [0.4, 0.5) is 11.4 Å². The number of nitrogens with two attached hydrogens (primary N) is 1. The molecule has 0 bridgehead atoms. The second-order valence-corrected chi connectivity index (χ2v) is 4.92. The summed E-state index contributed by atoms with van der Waals surface area (Å²) >= 11 is 5.97. The zero-order chi connectivity index (χ0) is 14.4. The molecule has 0 spiro atoms. The smallest absolute Gasteiger partial charge is 0.238 e. The first kappa shape index (κ1) is 15.3. The SMILES string of the molecule is CC(C#N)CN(C)CC(=O)Nc1ccc(N)cc1Cl. The van der Waals surface area contributed by atoms with E-state index in [0.29, 0.717) is 22.9 Å². The Hall–Kier alpha value is -1.77. The van der Waals surface area contributed by atoms with Crippen molar-refractivity contribution >= 4 is 28.9 Å². The number of amides is 1. The third kappa shape index (κ3) is 5.16. The third-order valence-electron chi connectivity index (χ3n) is 2.49. The molecule has 0 aliphatic heterocycles. The molecular weight excluding hydrogens is 264 g/mol. The van der Waals surface area contributed by atoms with Gasteiger partial charge in [-0.15, -0.1) is 0 Å². The highest BCUT2D eigenvalue weighted by Gasteiger charge is 2.11. The molecule has 0 aromatic heterocycles. The molecule has 1 aromatic rings. The standard InChI is InChI=1S/C13H17ClN4O/c1-9(6-15)7-18(2)8-13(19)17-12-4-3-10(16)5-11(12)14/h3-5,9H,7-8,16H2,1-2H3,(H,17,19). The number of nitriles is 1. The van der Waals surface area contributed by atoms with Gasteiger partial charge in [0.25, 0.3) is 0 Å². The molecule has 5 nitrogen and oxygen atoms in total. The molecule has 0 aliphatic rings. The molecule has 102 valence electrons. The van der Waals surface area contributed by atoms with E-state index in [2.05, 4.69) is 11.4 Å². The Kier molecular flexibility index (Phi) is 5.61. The van der Waals surface area contributed by atoms with E-state index in [9.17, 15) is 4.79 Å². The average molecular weight is 281 g/mol. The van der Waals surface area contributed by atoms with E-state index in [1.807, 2.05) is 6.92 Å². The number of hydrogen-bond acceptors (Lipinski definition) is 4. The number of carbonyl (C=O) groups is 1. The van der Waals surface area contributed by atoms with Gasteiger partial charge in [0.1, 0.15) is 0 Å². The van der Waals surface area contributed by atoms with Gasteiger partial charge < -0.3 is 11.1 Å². The van der Waals surface area contributed by atoms with Crippen LogP contribution in [0.1, 0.15) is 6.92 Å². The number of benzene rings is 1. The number of anilines is 2. The molecule has 1 atom stereocenters. The fourth-order valence-electron chi connectivity index (χ4n) is 1.64. The first-order valence-corrected chi connectivity index (χ1v) is 6.23. The maximum absolute atomic E-state index is 11.8. The second kappa shape index (κ2) is 6.98. The monoisotopic (exact) mass is 280 g/mol. The minimum atomic E-state index is -0.181. The van der Waals surface area contributed by atoms with Gasteiger partial charge in [0, 0.05) is 12.2 Å². The average Bonchev–Trinajstić information content (AvgIpc) is 2.32. The number of carbonyl (C=O) groups excluding carboxylic acids is 1. The molecule has 3 N–H and O–H groups in total. The molecule has 1 unspecified atom stereocenters. The normalized spacial score (nSPS) is 11.9. The molecule has 1 amide bonds. The van der Waals surface area contributed by atoms with E-state index in [0.717, 1.165) is 0 Å². The number of nitrogen functional groups attached to an aromatic ring is 1.